The number of rotatable bonds is 7. The van der Waals surface area contributed by atoms with E-state index >= 15 is 0 Å². The molecule has 2 aliphatic rings. The predicted molar refractivity (Wildman–Crippen MR) is 130 cm³/mol. The summed E-state index contributed by atoms with van der Waals surface area (Å²) < 4.78 is 5.20. The van der Waals surface area contributed by atoms with E-state index in [1.54, 1.807) is 11.3 Å². The average molecular weight is 474 g/mol. The Hall–Kier alpha value is -2.06. The molecular formula is C24H31N3O3S2. The van der Waals surface area contributed by atoms with Crippen molar-refractivity contribution in [1.82, 2.24) is 10.3 Å². The molecule has 2 N–H and O–H groups in total. The zero-order chi connectivity index (χ0) is 22.7. The van der Waals surface area contributed by atoms with Crippen molar-refractivity contribution in [3.63, 3.8) is 0 Å². The number of hydrogen-bond donors (Lipinski definition) is 2. The molecule has 8 heteroatoms. The van der Waals surface area contributed by atoms with E-state index in [1.807, 2.05) is 37.9 Å². The summed E-state index contributed by atoms with van der Waals surface area (Å²) in [5.74, 6) is 0.383. The number of ether oxygens (including phenoxy) is 1. The molecule has 4 rings (SSSR count). The molecular weight excluding hydrogens is 442 g/mol. The lowest BCUT2D eigenvalue weighted by Gasteiger charge is -2.28. The van der Waals surface area contributed by atoms with Crippen LogP contribution in [0.15, 0.2) is 29.3 Å². The second-order valence-electron chi connectivity index (χ2n) is 8.92. The predicted octanol–water partition coefficient (Wildman–Crippen LogP) is 6.18. The Labute approximate surface area is 197 Å². The second-order valence-corrected chi connectivity index (χ2v) is 11.3. The van der Waals surface area contributed by atoms with Gasteiger partial charge in [-0.2, -0.15) is 0 Å². The normalized spacial score (nSPS) is 20.8. The molecule has 1 aromatic carbocycles. The maximum absolute atomic E-state index is 11.9. The third-order valence-corrected chi connectivity index (χ3v) is 8.24. The lowest BCUT2D eigenvalue weighted by Crippen LogP contribution is -2.38. The summed E-state index contributed by atoms with van der Waals surface area (Å²) in [4.78, 5) is 30.5. The third-order valence-electron chi connectivity index (χ3n) is 5.65. The number of carbonyl (C=O) groups excluding carboxylic acids is 2. The summed E-state index contributed by atoms with van der Waals surface area (Å²) in [7, 11) is 0. The van der Waals surface area contributed by atoms with Gasteiger partial charge in [0.2, 0.25) is 5.91 Å². The van der Waals surface area contributed by atoms with Crippen LogP contribution < -0.4 is 10.6 Å². The second kappa shape index (κ2) is 10.3. The first kappa shape index (κ1) is 23.1. The minimum Gasteiger partial charge on any atom is -0.447 e. The van der Waals surface area contributed by atoms with Gasteiger partial charge in [0.05, 0.1) is 16.0 Å². The zero-order valence-electron chi connectivity index (χ0n) is 18.8. The largest absolute Gasteiger partial charge is 0.447 e. The summed E-state index contributed by atoms with van der Waals surface area (Å²) in [6, 6.07) is 6.35. The highest BCUT2D eigenvalue weighted by Gasteiger charge is 2.27. The Morgan fingerprint density at radius 3 is 2.56 bits per heavy atom. The number of anilines is 1. The van der Waals surface area contributed by atoms with Gasteiger partial charge < -0.3 is 15.4 Å². The Morgan fingerprint density at radius 1 is 1.16 bits per heavy atom. The van der Waals surface area contributed by atoms with Crippen LogP contribution in [0.5, 0.6) is 0 Å². The minimum atomic E-state index is -0.316. The molecule has 6 nitrogen and oxygen atoms in total. The van der Waals surface area contributed by atoms with Crippen molar-refractivity contribution in [1.29, 1.82) is 0 Å². The number of amides is 2. The first-order valence-electron chi connectivity index (χ1n) is 11.4. The van der Waals surface area contributed by atoms with E-state index in [0.29, 0.717) is 11.2 Å². The fourth-order valence-corrected chi connectivity index (χ4v) is 6.39. The standard InChI is InChI=1S/C24H31N3O3S2/c1-14(2)30-24(29)27-17-6-4-16(5-7-17)23-25-13-22(32-23)20-11-8-18(26-15(3)28)12-21(20)31-19-9-10-19/h8,11-14,16-17,19H,4-7,9-10H2,1-3H3,(H,26,28)(H,27,29). The van der Waals surface area contributed by atoms with Crippen molar-refractivity contribution >= 4 is 40.8 Å². The molecule has 2 aromatic rings. The van der Waals surface area contributed by atoms with Gasteiger partial charge in [-0.25, -0.2) is 9.78 Å². The van der Waals surface area contributed by atoms with Gasteiger partial charge in [-0.1, -0.05) is 6.07 Å². The molecule has 0 unspecified atom stereocenters. The van der Waals surface area contributed by atoms with E-state index in [0.717, 1.165) is 31.4 Å². The first-order valence-corrected chi connectivity index (χ1v) is 13.1. The fourth-order valence-electron chi connectivity index (χ4n) is 3.97. The quantitative estimate of drug-likeness (QED) is 0.502. The Morgan fingerprint density at radius 2 is 1.91 bits per heavy atom. The van der Waals surface area contributed by atoms with Crippen LogP contribution in [0.4, 0.5) is 10.5 Å². The molecule has 0 saturated heterocycles. The van der Waals surface area contributed by atoms with Gasteiger partial charge in [0.15, 0.2) is 0 Å². The number of nitrogens with zero attached hydrogens (tertiary/aromatic N) is 1. The molecule has 0 aliphatic heterocycles. The molecule has 2 amide bonds. The molecule has 0 radical (unpaired) electrons. The van der Waals surface area contributed by atoms with Crippen LogP contribution in [0.25, 0.3) is 10.4 Å². The molecule has 0 spiro atoms. The van der Waals surface area contributed by atoms with E-state index in [-0.39, 0.29) is 24.1 Å². The van der Waals surface area contributed by atoms with Crippen molar-refractivity contribution in [3.8, 4) is 10.4 Å². The van der Waals surface area contributed by atoms with Gasteiger partial charge in [0.1, 0.15) is 0 Å². The van der Waals surface area contributed by atoms with Crippen molar-refractivity contribution in [2.45, 2.75) is 87.5 Å². The molecule has 1 aromatic heterocycles. The van der Waals surface area contributed by atoms with E-state index < -0.39 is 0 Å². The lowest BCUT2D eigenvalue weighted by atomic mass is 9.86. The van der Waals surface area contributed by atoms with Crippen LogP contribution in [-0.2, 0) is 9.53 Å². The van der Waals surface area contributed by atoms with E-state index in [2.05, 4.69) is 22.8 Å². The monoisotopic (exact) mass is 473 g/mol. The topological polar surface area (TPSA) is 80.3 Å². The van der Waals surface area contributed by atoms with Crippen LogP contribution in [0.3, 0.4) is 0 Å². The van der Waals surface area contributed by atoms with Crippen molar-refractivity contribution in [2.75, 3.05) is 5.32 Å². The highest BCUT2D eigenvalue weighted by molar-refractivity contribution is 8.00. The van der Waals surface area contributed by atoms with Gasteiger partial charge in [-0.15, -0.1) is 23.1 Å². The van der Waals surface area contributed by atoms with E-state index in [9.17, 15) is 9.59 Å². The Bertz CT molecular complexity index is 963. The first-order chi connectivity index (χ1) is 15.4. The van der Waals surface area contributed by atoms with Gasteiger partial charge in [0.25, 0.3) is 0 Å². The van der Waals surface area contributed by atoms with Crippen LogP contribution in [0.1, 0.15) is 70.2 Å². The average Bonchev–Trinajstić information content (AvgIpc) is 3.40. The maximum Gasteiger partial charge on any atom is 0.407 e. The summed E-state index contributed by atoms with van der Waals surface area (Å²) in [6.07, 6.45) is 8.01. The number of thioether (sulfide) groups is 1. The SMILES string of the molecule is CC(=O)Nc1ccc(-c2cnc(C3CCC(NC(=O)OC(C)C)CC3)s2)c(SC2CC2)c1. The Balaban J connectivity index is 1.41. The molecule has 2 saturated carbocycles. The summed E-state index contributed by atoms with van der Waals surface area (Å²) >= 11 is 3.68. The molecule has 0 atom stereocenters. The van der Waals surface area contributed by atoms with Crippen molar-refractivity contribution in [3.05, 3.63) is 29.4 Å². The summed E-state index contributed by atoms with van der Waals surface area (Å²) in [5, 5.41) is 7.75. The van der Waals surface area contributed by atoms with Gasteiger partial charge in [0, 0.05) is 46.5 Å². The smallest absolute Gasteiger partial charge is 0.407 e. The number of nitrogens with one attached hydrogen (secondary N) is 2. The number of thiazole rings is 1. The molecule has 2 aliphatic carbocycles. The van der Waals surface area contributed by atoms with Crippen LogP contribution >= 0.6 is 23.1 Å². The number of carbonyl (C=O) groups is 2. The van der Waals surface area contributed by atoms with Gasteiger partial charge in [-0.3, -0.25) is 4.79 Å². The van der Waals surface area contributed by atoms with Gasteiger partial charge in [-0.05, 0) is 64.5 Å². The molecule has 2 fully saturated rings. The van der Waals surface area contributed by atoms with E-state index in [1.165, 1.54) is 40.1 Å². The molecule has 0 bridgehead atoms. The van der Waals surface area contributed by atoms with Crippen molar-refractivity contribution < 1.29 is 14.3 Å². The highest BCUT2D eigenvalue weighted by Crippen LogP contribution is 2.46. The number of aromatic nitrogens is 1. The zero-order valence-corrected chi connectivity index (χ0v) is 20.5. The minimum absolute atomic E-state index is 0.0530. The third kappa shape index (κ3) is 6.25. The highest BCUT2D eigenvalue weighted by atomic mass is 32.2. The summed E-state index contributed by atoms with van der Waals surface area (Å²) in [5.41, 5.74) is 2.04. The molecule has 1 heterocycles. The number of alkyl carbamates (subject to hydrolysis) is 1. The van der Waals surface area contributed by atoms with Gasteiger partial charge >= 0.3 is 6.09 Å². The van der Waals surface area contributed by atoms with Crippen LogP contribution in [0, 0.1) is 0 Å². The maximum atomic E-state index is 11.9. The van der Waals surface area contributed by atoms with Crippen LogP contribution in [0.2, 0.25) is 0 Å². The Kier molecular flexibility index (Phi) is 7.40. The summed E-state index contributed by atoms with van der Waals surface area (Å²) in [6.45, 7) is 5.26. The van der Waals surface area contributed by atoms with Crippen molar-refractivity contribution in [2.24, 2.45) is 0 Å². The number of hydrogen-bond acceptors (Lipinski definition) is 6. The lowest BCUT2D eigenvalue weighted by molar-refractivity contribution is -0.114. The fraction of sp³-hybridized carbons (Fsp3) is 0.542. The molecule has 32 heavy (non-hydrogen) atoms. The molecule has 172 valence electrons. The van der Waals surface area contributed by atoms with Crippen LogP contribution in [-0.4, -0.2) is 34.4 Å². The number of benzene rings is 1. The van der Waals surface area contributed by atoms with E-state index in [4.69, 9.17) is 9.72 Å².